The Labute approximate surface area is 166 Å². The van der Waals surface area contributed by atoms with Crippen LogP contribution in [0.1, 0.15) is 40.2 Å². The normalized spacial score (nSPS) is 16.5. The molecule has 6 nitrogen and oxygen atoms in total. The van der Waals surface area contributed by atoms with Crippen LogP contribution in [0.25, 0.3) is 11.0 Å². The topological polar surface area (TPSA) is 75.0 Å². The fourth-order valence-corrected chi connectivity index (χ4v) is 4.48. The number of thiazole rings is 1. The van der Waals surface area contributed by atoms with Crippen LogP contribution in [0.2, 0.25) is 0 Å². The first-order chi connectivity index (χ1) is 13.7. The predicted octanol–water partition coefficient (Wildman–Crippen LogP) is 4.03. The zero-order valence-electron chi connectivity index (χ0n) is 15.5. The zero-order valence-corrected chi connectivity index (χ0v) is 16.3. The summed E-state index contributed by atoms with van der Waals surface area (Å²) in [4.78, 5) is 27.0. The third-order valence-electron chi connectivity index (χ3n) is 5.25. The largest absolute Gasteiger partial charge is 0.458 e. The molecule has 1 atom stereocenters. The summed E-state index contributed by atoms with van der Waals surface area (Å²) in [5.41, 5.74) is 3.94. The van der Waals surface area contributed by atoms with Crippen molar-refractivity contribution < 1.29 is 9.21 Å². The Morgan fingerprint density at radius 1 is 1.36 bits per heavy atom. The average Bonchev–Trinajstić information content (AvgIpc) is 3.44. The first-order valence-electron chi connectivity index (χ1n) is 9.39. The molecule has 7 heteroatoms. The van der Waals surface area contributed by atoms with Gasteiger partial charge >= 0.3 is 0 Å². The number of imidazole rings is 1. The van der Waals surface area contributed by atoms with E-state index >= 15 is 0 Å². The highest BCUT2D eigenvalue weighted by Gasteiger charge is 2.36. The maximum absolute atomic E-state index is 13.1. The van der Waals surface area contributed by atoms with Gasteiger partial charge in [-0.3, -0.25) is 4.79 Å². The first-order valence-corrected chi connectivity index (χ1v) is 10.3. The van der Waals surface area contributed by atoms with E-state index in [1.54, 1.807) is 23.9 Å². The Hall–Kier alpha value is -2.93. The van der Waals surface area contributed by atoms with Crippen LogP contribution in [0, 0.1) is 6.92 Å². The molecule has 0 saturated heterocycles. The summed E-state index contributed by atoms with van der Waals surface area (Å²) in [6.45, 7) is 2.69. The number of fused-ring (bicyclic) bond motifs is 2. The third kappa shape index (κ3) is 3.01. The lowest BCUT2D eigenvalue weighted by atomic mass is 9.99. The van der Waals surface area contributed by atoms with Gasteiger partial charge in [-0.25, -0.2) is 9.97 Å². The van der Waals surface area contributed by atoms with Crippen molar-refractivity contribution in [1.82, 2.24) is 19.9 Å². The lowest BCUT2D eigenvalue weighted by Gasteiger charge is -2.33. The minimum Gasteiger partial charge on any atom is -0.458 e. The maximum atomic E-state index is 13.1. The number of benzene rings is 1. The van der Waals surface area contributed by atoms with Crippen molar-refractivity contribution in [2.75, 3.05) is 6.54 Å². The Bertz CT molecular complexity index is 1130. The molecular weight excluding hydrogens is 372 g/mol. The Balaban J connectivity index is 1.49. The molecule has 0 bridgehead atoms. The molecule has 0 spiro atoms. The van der Waals surface area contributed by atoms with Crippen LogP contribution in [0.15, 0.2) is 46.6 Å². The molecule has 1 aromatic carbocycles. The molecule has 3 aromatic heterocycles. The number of aromatic amines is 1. The molecule has 0 unspecified atom stereocenters. The van der Waals surface area contributed by atoms with Crippen LogP contribution in [-0.2, 0) is 17.6 Å². The molecule has 4 aromatic rings. The van der Waals surface area contributed by atoms with Gasteiger partial charge in [-0.1, -0.05) is 12.1 Å². The third-order valence-corrected chi connectivity index (χ3v) is 6.09. The van der Waals surface area contributed by atoms with Gasteiger partial charge in [0.05, 0.1) is 17.0 Å². The van der Waals surface area contributed by atoms with E-state index in [1.807, 2.05) is 29.3 Å². The van der Waals surface area contributed by atoms with Crippen molar-refractivity contribution in [3.63, 3.8) is 0 Å². The van der Waals surface area contributed by atoms with E-state index < -0.39 is 0 Å². The summed E-state index contributed by atoms with van der Waals surface area (Å²) < 4.78 is 6.19. The molecule has 28 heavy (non-hydrogen) atoms. The van der Waals surface area contributed by atoms with Gasteiger partial charge in [0.15, 0.2) is 0 Å². The van der Waals surface area contributed by atoms with E-state index in [1.165, 1.54) is 0 Å². The number of nitrogens with zero attached hydrogens (tertiary/aromatic N) is 3. The highest BCUT2D eigenvalue weighted by atomic mass is 32.1. The molecule has 0 radical (unpaired) electrons. The molecule has 0 fully saturated rings. The Morgan fingerprint density at radius 2 is 2.29 bits per heavy atom. The SMILES string of the molecule is Cc1ccc2cc([C@@H]3c4nc[nH]c4CCN3C(=O)CCc3nccs3)oc2c1. The van der Waals surface area contributed by atoms with Crippen molar-refractivity contribution >= 4 is 28.2 Å². The minimum atomic E-state index is -0.300. The second-order valence-electron chi connectivity index (χ2n) is 7.12. The molecule has 5 rings (SSSR count). The second kappa shape index (κ2) is 6.91. The fourth-order valence-electron chi connectivity index (χ4n) is 3.86. The first kappa shape index (κ1) is 17.2. The lowest BCUT2D eigenvalue weighted by molar-refractivity contribution is -0.133. The number of carbonyl (C=O) groups excluding carboxylic acids is 1. The van der Waals surface area contributed by atoms with Crippen molar-refractivity contribution in [2.45, 2.75) is 32.2 Å². The van der Waals surface area contributed by atoms with Crippen molar-refractivity contribution in [1.29, 1.82) is 0 Å². The number of nitrogens with one attached hydrogen (secondary N) is 1. The predicted molar refractivity (Wildman–Crippen MR) is 107 cm³/mol. The van der Waals surface area contributed by atoms with Crippen molar-refractivity contribution in [2.24, 2.45) is 0 Å². The number of hydrogen-bond acceptors (Lipinski definition) is 5. The van der Waals surface area contributed by atoms with Gasteiger partial charge in [-0.15, -0.1) is 11.3 Å². The fraction of sp³-hybridized carbons (Fsp3) is 0.286. The molecule has 0 aliphatic carbocycles. The van der Waals surface area contributed by atoms with E-state index in [2.05, 4.69) is 27.1 Å². The van der Waals surface area contributed by atoms with Gasteiger partial charge in [0.1, 0.15) is 17.4 Å². The van der Waals surface area contributed by atoms with Crippen molar-refractivity contribution in [3.05, 3.63) is 69.9 Å². The highest BCUT2D eigenvalue weighted by molar-refractivity contribution is 7.09. The number of aryl methyl sites for hydroxylation is 2. The van der Waals surface area contributed by atoms with Crippen molar-refractivity contribution in [3.8, 4) is 0 Å². The summed E-state index contributed by atoms with van der Waals surface area (Å²) in [7, 11) is 0. The minimum absolute atomic E-state index is 0.102. The Kier molecular flexibility index (Phi) is 4.24. The van der Waals surface area contributed by atoms with Gasteiger partial charge in [0.2, 0.25) is 5.91 Å². The lowest BCUT2D eigenvalue weighted by Crippen LogP contribution is -2.40. The molecule has 1 N–H and O–H groups in total. The molecule has 1 amide bonds. The van der Waals surface area contributed by atoms with Gasteiger partial charge < -0.3 is 14.3 Å². The molecule has 1 aliphatic rings. The van der Waals surface area contributed by atoms with Crippen LogP contribution in [0.3, 0.4) is 0 Å². The number of carbonyl (C=O) groups is 1. The number of aromatic nitrogens is 3. The second-order valence-corrected chi connectivity index (χ2v) is 8.10. The van der Waals surface area contributed by atoms with E-state index in [0.717, 1.165) is 45.1 Å². The number of amides is 1. The molecule has 1 aliphatic heterocycles. The number of rotatable bonds is 4. The van der Waals surface area contributed by atoms with Crippen LogP contribution >= 0.6 is 11.3 Å². The number of H-pyrrole nitrogens is 1. The summed E-state index contributed by atoms with van der Waals surface area (Å²) in [6, 6.07) is 7.89. The van der Waals surface area contributed by atoms with Crippen LogP contribution < -0.4 is 0 Å². The zero-order chi connectivity index (χ0) is 19.1. The highest BCUT2D eigenvalue weighted by Crippen LogP contribution is 2.36. The van der Waals surface area contributed by atoms with E-state index in [9.17, 15) is 4.79 Å². The van der Waals surface area contributed by atoms with Crippen LogP contribution in [-0.4, -0.2) is 32.3 Å². The van der Waals surface area contributed by atoms with Crippen LogP contribution in [0.5, 0.6) is 0 Å². The monoisotopic (exact) mass is 392 g/mol. The molecular formula is C21H20N4O2S. The van der Waals surface area contributed by atoms with E-state index in [-0.39, 0.29) is 11.9 Å². The molecule has 4 heterocycles. The summed E-state index contributed by atoms with van der Waals surface area (Å²) >= 11 is 1.59. The van der Waals surface area contributed by atoms with Crippen LogP contribution in [0.4, 0.5) is 0 Å². The average molecular weight is 392 g/mol. The quantitative estimate of drug-likeness (QED) is 0.569. The van der Waals surface area contributed by atoms with E-state index in [0.29, 0.717) is 19.4 Å². The summed E-state index contributed by atoms with van der Waals surface area (Å²) in [6.07, 6.45) is 5.35. The van der Waals surface area contributed by atoms with E-state index in [4.69, 9.17) is 4.42 Å². The van der Waals surface area contributed by atoms with Gasteiger partial charge in [-0.2, -0.15) is 0 Å². The maximum Gasteiger partial charge on any atom is 0.223 e. The summed E-state index contributed by atoms with van der Waals surface area (Å²) in [5, 5.41) is 3.97. The van der Waals surface area contributed by atoms with Gasteiger partial charge in [0.25, 0.3) is 0 Å². The Morgan fingerprint density at radius 3 is 3.14 bits per heavy atom. The van der Waals surface area contributed by atoms with Gasteiger partial charge in [0, 0.05) is 48.5 Å². The smallest absolute Gasteiger partial charge is 0.223 e. The standard InChI is InChI=1S/C21H20N4O2S/c1-13-2-3-14-11-17(27-16(14)10-13)21-20-15(23-12-24-20)6-8-25(21)19(26)5-4-18-22-7-9-28-18/h2-3,7,9-12,21H,4-6,8H2,1H3,(H,23,24)/t21-/m1/s1. The number of furan rings is 1. The molecule has 0 saturated carbocycles. The molecule has 142 valence electrons. The van der Waals surface area contributed by atoms with Gasteiger partial charge in [-0.05, 0) is 24.6 Å². The summed E-state index contributed by atoms with van der Waals surface area (Å²) in [5.74, 6) is 0.863. The number of hydrogen-bond donors (Lipinski definition) is 1.